The van der Waals surface area contributed by atoms with Crippen LogP contribution in [0.4, 0.5) is 0 Å². The Morgan fingerprint density at radius 2 is 0.750 bits per heavy atom. The Balaban J connectivity index is 1.57. The molecule has 3 heterocycles. The highest BCUT2D eigenvalue weighted by Crippen LogP contribution is 2.16. The molecule has 192 valence electrons. The number of hydrogen-bond donors (Lipinski definition) is 0. The minimum Gasteiger partial charge on any atom is -0.241 e. The third-order valence-electron chi connectivity index (χ3n) is 7.35. The second kappa shape index (κ2) is 10.1. The van der Waals surface area contributed by atoms with Gasteiger partial charge in [0.25, 0.3) is 0 Å². The molecule has 0 saturated carbocycles. The smallest absolute Gasteiger partial charge is 0.179 e. The summed E-state index contributed by atoms with van der Waals surface area (Å²) in [6.07, 6.45) is 11.4. The number of hydrogen-bond acceptors (Lipinski definition) is 3. The fraction of sp³-hybridized carbons (Fsp3) is 0. The number of benzene rings is 4. The first kappa shape index (κ1) is 23.8. The van der Waals surface area contributed by atoms with Crippen molar-refractivity contribution in [3.8, 4) is 17.1 Å². The van der Waals surface area contributed by atoms with Crippen molar-refractivity contribution in [1.29, 1.82) is 0 Å². The summed E-state index contributed by atoms with van der Waals surface area (Å²) in [5.41, 5.74) is 3.09. The zero-order valence-corrected chi connectivity index (χ0v) is 22.7. The first-order valence-electron chi connectivity index (χ1n) is 13.2. The Labute approximate surface area is 233 Å². The van der Waals surface area contributed by atoms with Gasteiger partial charge in [-0.1, -0.05) is 66.7 Å². The largest absolute Gasteiger partial charge is 0.241 e. The summed E-state index contributed by atoms with van der Waals surface area (Å²) in [4.78, 5) is 0. The van der Waals surface area contributed by atoms with Crippen LogP contribution in [-0.2, 0) is 0 Å². The van der Waals surface area contributed by atoms with E-state index in [1.54, 1.807) is 0 Å². The molecule has 0 radical (unpaired) electrons. The topological polar surface area (TPSA) is 53.5 Å². The zero-order chi connectivity index (χ0) is 26.8. The van der Waals surface area contributed by atoms with Gasteiger partial charge in [0.15, 0.2) is 8.07 Å². The monoisotopic (exact) mass is 534 g/mol. The van der Waals surface area contributed by atoms with Crippen LogP contribution >= 0.6 is 0 Å². The SMILES string of the molecule is c1ccc([Si](c2cccc(-n3cccn3)c2)(c2cccc(-n3cccn3)c2)c2cccc(-n3cccn3)c2)cc1. The normalized spacial score (nSPS) is 11.5. The summed E-state index contributed by atoms with van der Waals surface area (Å²) >= 11 is 0. The van der Waals surface area contributed by atoms with E-state index < -0.39 is 8.07 Å². The molecular formula is C33H26N6Si. The minimum absolute atomic E-state index is 1.03. The highest BCUT2D eigenvalue weighted by Gasteiger charge is 2.42. The van der Waals surface area contributed by atoms with Crippen molar-refractivity contribution in [1.82, 2.24) is 29.3 Å². The van der Waals surface area contributed by atoms with Crippen LogP contribution in [0.1, 0.15) is 0 Å². The average Bonchev–Trinajstić information content (AvgIpc) is 3.83. The molecule has 7 aromatic rings. The first-order chi connectivity index (χ1) is 19.8. The fourth-order valence-electron chi connectivity index (χ4n) is 5.60. The van der Waals surface area contributed by atoms with E-state index in [0.717, 1.165) is 17.1 Å². The van der Waals surface area contributed by atoms with E-state index in [9.17, 15) is 0 Å². The fourth-order valence-corrected chi connectivity index (χ4v) is 10.4. The second-order valence-corrected chi connectivity index (χ2v) is 13.4. The summed E-state index contributed by atoms with van der Waals surface area (Å²) < 4.78 is 5.77. The van der Waals surface area contributed by atoms with Crippen LogP contribution in [0.3, 0.4) is 0 Å². The summed E-state index contributed by atoms with van der Waals surface area (Å²) in [6, 6.07) is 43.3. The van der Waals surface area contributed by atoms with Gasteiger partial charge in [-0.2, -0.15) is 15.3 Å². The van der Waals surface area contributed by atoms with Crippen LogP contribution in [0.25, 0.3) is 17.1 Å². The molecular weight excluding hydrogens is 508 g/mol. The van der Waals surface area contributed by atoms with Crippen LogP contribution in [0.5, 0.6) is 0 Å². The standard InChI is InChI=1S/C33H26N6Si/c1-2-13-30(14-3-1)40(31-15-4-10-27(24-31)37-21-7-18-34-37,32-16-5-11-28(25-32)38-22-8-19-35-38)33-17-6-12-29(26-33)39-23-9-20-36-39/h1-26H. The van der Waals surface area contributed by atoms with Crippen molar-refractivity contribution in [2.45, 2.75) is 0 Å². The van der Waals surface area contributed by atoms with Gasteiger partial charge >= 0.3 is 0 Å². The van der Waals surface area contributed by atoms with Crippen LogP contribution in [-0.4, -0.2) is 37.4 Å². The van der Waals surface area contributed by atoms with Crippen molar-refractivity contribution in [2.24, 2.45) is 0 Å². The molecule has 0 amide bonds. The maximum absolute atomic E-state index is 4.53. The molecule has 7 rings (SSSR count). The quantitative estimate of drug-likeness (QED) is 0.232. The Morgan fingerprint density at radius 1 is 0.375 bits per heavy atom. The predicted molar refractivity (Wildman–Crippen MR) is 161 cm³/mol. The highest BCUT2D eigenvalue weighted by molar-refractivity contribution is 7.20. The van der Waals surface area contributed by atoms with E-state index in [2.05, 4.69) is 118 Å². The molecule has 0 spiro atoms. The van der Waals surface area contributed by atoms with E-state index in [1.807, 2.05) is 69.4 Å². The third-order valence-corrected chi connectivity index (χ3v) is 12.1. The van der Waals surface area contributed by atoms with Crippen molar-refractivity contribution < 1.29 is 0 Å². The maximum atomic E-state index is 4.53. The molecule has 0 unspecified atom stereocenters. The lowest BCUT2D eigenvalue weighted by Crippen LogP contribution is -2.74. The van der Waals surface area contributed by atoms with E-state index >= 15 is 0 Å². The summed E-state index contributed by atoms with van der Waals surface area (Å²) in [5.74, 6) is 0. The molecule has 0 aliphatic rings. The molecule has 0 N–H and O–H groups in total. The van der Waals surface area contributed by atoms with Gasteiger partial charge in [-0.3, -0.25) is 0 Å². The maximum Gasteiger partial charge on any atom is 0.179 e. The van der Waals surface area contributed by atoms with Gasteiger partial charge in [0, 0.05) is 37.2 Å². The molecule has 7 heteroatoms. The van der Waals surface area contributed by atoms with Gasteiger partial charge in [0.05, 0.1) is 17.1 Å². The Morgan fingerprint density at radius 3 is 1.10 bits per heavy atom. The van der Waals surface area contributed by atoms with Crippen molar-refractivity contribution >= 4 is 28.8 Å². The molecule has 0 aliphatic heterocycles. The van der Waals surface area contributed by atoms with Gasteiger partial charge < -0.3 is 0 Å². The van der Waals surface area contributed by atoms with Crippen LogP contribution in [0.2, 0.25) is 0 Å². The van der Waals surface area contributed by atoms with E-state index in [-0.39, 0.29) is 0 Å². The van der Waals surface area contributed by atoms with Crippen molar-refractivity contribution in [3.63, 3.8) is 0 Å². The lowest BCUT2D eigenvalue weighted by molar-refractivity contribution is 0.881. The average molecular weight is 535 g/mol. The van der Waals surface area contributed by atoms with Crippen molar-refractivity contribution in [3.05, 3.63) is 159 Å². The second-order valence-electron chi connectivity index (χ2n) is 9.62. The summed E-state index contributed by atoms with van der Waals surface area (Å²) in [6.45, 7) is 0. The predicted octanol–water partition coefficient (Wildman–Crippen LogP) is 3.62. The molecule has 0 fully saturated rings. The molecule has 0 bridgehead atoms. The Hall–Kier alpha value is -5.27. The van der Waals surface area contributed by atoms with Gasteiger partial charge in [0.1, 0.15) is 0 Å². The van der Waals surface area contributed by atoms with Crippen LogP contribution in [0.15, 0.2) is 159 Å². The highest BCUT2D eigenvalue weighted by atomic mass is 28.3. The minimum atomic E-state index is -2.85. The molecule has 0 saturated heterocycles. The zero-order valence-electron chi connectivity index (χ0n) is 21.7. The molecule has 0 atom stereocenters. The van der Waals surface area contributed by atoms with Gasteiger partial charge in [-0.25, -0.2) is 14.0 Å². The number of aromatic nitrogens is 6. The van der Waals surface area contributed by atoms with Crippen LogP contribution < -0.4 is 20.7 Å². The van der Waals surface area contributed by atoms with Crippen molar-refractivity contribution in [2.75, 3.05) is 0 Å². The van der Waals surface area contributed by atoms with E-state index in [0.29, 0.717) is 0 Å². The Kier molecular flexibility index (Phi) is 6.03. The lowest BCUT2D eigenvalue weighted by Gasteiger charge is -2.35. The molecule has 3 aromatic heterocycles. The Bertz CT molecular complexity index is 1660. The summed E-state index contributed by atoms with van der Waals surface area (Å²) in [5, 5.41) is 18.7. The van der Waals surface area contributed by atoms with E-state index in [4.69, 9.17) is 0 Å². The van der Waals surface area contributed by atoms with E-state index in [1.165, 1.54) is 20.7 Å². The summed E-state index contributed by atoms with van der Waals surface area (Å²) in [7, 11) is -2.85. The molecule has 4 aromatic carbocycles. The first-order valence-corrected chi connectivity index (χ1v) is 15.2. The number of nitrogens with zero attached hydrogens (tertiary/aromatic N) is 6. The molecule has 40 heavy (non-hydrogen) atoms. The third kappa shape index (κ3) is 4.09. The van der Waals surface area contributed by atoms with Gasteiger partial charge in [-0.05, 0) is 75.3 Å². The molecule has 0 aliphatic carbocycles. The molecule has 6 nitrogen and oxygen atoms in total. The van der Waals surface area contributed by atoms with Gasteiger partial charge in [0.2, 0.25) is 0 Å². The van der Waals surface area contributed by atoms with Gasteiger partial charge in [-0.15, -0.1) is 0 Å². The number of rotatable bonds is 7. The lowest BCUT2D eigenvalue weighted by atomic mass is 10.3. The van der Waals surface area contributed by atoms with Crippen LogP contribution in [0, 0.1) is 0 Å².